The third-order valence-electron chi connectivity index (χ3n) is 14.3. The van der Waals surface area contributed by atoms with Crippen LogP contribution in [0, 0.1) is 0 Å². The normalized spacial score (nSPS) is 23.3. The van der Waals surface area contributed by atoms with Crippen LogP contribution in [0.3, 0.4) is 0 Å². The van der Waals surface area contributed by atoms with Gasteiger partial charge in [-0.2, -0.15) is 0 Å². The summed E-state index contributed by atoms with van der Waals surface area (Å²) in [6.45, 7) is 36.1. The van der Waals surface area contributed by atoms with E-state index in [1.54, 1.807) is 0 Å². The Bertz CT molecular complexity index is 1870. The number of alkyl halides is 1. The van der Waals surface area contributed by atoms with E-state index in [0.29, 0.717) is 0 Å². The Labute approximate surface area is 442 Å². The molecule has 0 atom stereocenters. The van der Waals surface area contributed by atoms with Gasteiger partial charge < -0.3 is 42.1 Å². The van der Waals surface area contributed by atoms with Crippen LogP contribution in [0.4, 0.5) is 0 Å². The quantitative estimate of drug-likeness (QED) is 0.167. The maximum Gasteiger partial charge on any atom is 0.494 e. The van der Waals surface area contributed by atoms with Gasteiger partial charge in [0.05, 0.1) is 60.0 Å². The van der Waals surface area contributed by atoms with E-state index in [1.807, 2.05) is 67.5 Å². The molecule has 0 aliphatic carbocycles. The Kier molecular flexibility index (Phi) is 22.4. The molecular weight excluding hydrogens is 1070 g/mol. The summed E-state index contributed by atoms with van der Waals surface area (Å²) in [6, 6.07) is 25.4. The average molecular weight is 1150 g/mol. The van der Waals surface area contributed by atoms with Crippen molar-refractivity contribution in [1.82, 2.24) is 9.80 Å². The maximum atomic E-state index is 6.09. The first kappa shape index (κ1) is 58.7. The fraction of sp³-hybridized carbons (Fsp3) is 0.654. The van der Waals surface area contributed by atoms with Crippen LogP contribution in [-0.4, -0.2) is 130 Å². The number of ether oxygens (including phenoxy) is 3. The van der Waals surface area contributed by atoms with Crippen LogP contribution in [0.15, 0.2) is 81.7 Å². The molecule has 9 rings (SSSR count). The van der Waals surface area contributed by atoms with Gasteiger partial charge in [-0.15, -0.1) is 0 Å². The van der Waals surface area contributed by atoms with E-state index in [9.17, 15) is 0 Å². The summed E-state index contributed by atoms with van der Waals surface area (Å²) in [5.74, 6) is 0. The van der Waals surface area contributed by atoms with Gasteiger partial charge in [0.2, 0.25) is 0 Å². The van der Waals surface area contributed by atoms with Gasteiger partial charge in [0.1, 0.15) is 0 Å². The molecule has 3 aromatic rings. The van der Waals surface area contributed by atoms with Gasteiger partial charge in [0.25, 0.3) is 0 Å². The summed E-state index contributed by atoms with van der Waals surface area (Å²) < 4.78 is 54.1. The van der Waals surface area contributed by atoms with E-state index < -0.39 is 14.0 Å². The number of benzene rings is 3. The molecule has 382 valence electrons. The second-order valence-corrected chi connectivity index (χ2v) is 23.8. The van der Waals surface area contributed by atoms with Crippen LogP contribution in [0.5, 0.6) is 0 Å². The minimum atomic E-state index is -0.476. The highest BCUT2D eigenvalue weighted by Crippen LogP contribution is 2.43. The summed E-state index contributed by atoms with van der Waals surface area (Å²) in [7, 11) is -1.23. The van der Waals surface area contributed by atoms with E-state index >= 15 is 0 Å². The van der Waals surface area contributed by atoms with Crippen molar-refractivity contribution in [1.29, 1.82) is 0 Å². The first-order valence-corrected chi connectivity index (χ1v) is 27.5. The lowest BCUT2D eigenvalue weighted by Crippen LogP contribution is -2.41. The van der Waals surface area contributed by atoms with E-state index in [0.717, 1.165) is 98.6 Å². The topological polar surface area (TPSA) is 89.6 Å². The lowest BCUT2D eigenvalue weighted by Gasteiger charge is -2.32. The zero-order chi connectivity index (χ0) is 50.5. The van der Waals surface area contributed by atoms with Crippen LogP contribution in [0.2, 0.25) is 0 Å². The third kappa shape index (κ3) is 17.8. The third-order valence-corrected chi connectivity index (χ3v) is 16.1. The molecular formula is C52H80B3Br3N2O9. The Balaban J connectivity index is 0.000000170. The van der Waals surface area contributed by atoms with Crippen molar-refractivity contribution in [3.8, 4) is 0 Å². The highest BCUT2D eigenvalue weighted by Gasteiger charge is 2.63. The Morgan fingerprint density at radius 3 is 1.01 bits per heavy atom. The molecule has 0 amide bonds. The van der Waals surface area contributed by atoms with Crippen LogP contribution >= 0.6 is 47.8 Å². The van der Waals surface area contributed by atoms with Crippen molar-refractivity contribution in [3.63, 3.8) is 0 Å². The van der Waals surface area contributed by atoms with Gasteiger partial charge in [-0.1, -0.05) is 96.3 Å². The smallest absolute Gasteiger partial charge is 0.405 e. The van der Waals surface area contributed by atoms with Gasteiger partial charge in [0, 0.05) is 66.8 Å². The molecule has 0 bridgehead atoms. The van der Waals surface area contributed by atoms with Crippen molar-refractivity contribution >= 4 is 74.4 Å². The zero-order valence-corrected chi connectivity index (χ0v) is 48.4. The molecule has 0 unspecified atom stereocenters. The summed E-state index contributed by atoms with van der Waals surface area (Å²) in [5, 5.41) is 0.931. The number of nitrogens with zero attached hydrogens (tertiary/aromatic N) is 2. The molecule has 6 aliphatic heterocycles. The number of hydrogen-bond acceptors (Lipinski definition) is 11. The molecule has 6 heterocycles. The van der Waals surface area contributed by atoms with Crippen molar-refractivity contribution in [3.05, 3.63) is 98.4 Å². The summed E-state index contributed by atoms with van der Waals surface area (Å²) >= 11 is 10.2. The van der Waals surface area contributed by atoms with Gasteiger partial charge >= 0.3 is 21.1 Å². The minimum absolute atomic E-state index is 0.276. The number of halogens is 3. The molecule has 6 saturated heterocycles. The SMILES string of the molecule is BrCc1ccc(Br)cc1.Brc1ccc(CN2CCOCC2)cc1.C1CCOCC1.CC1(C)OB(B2OC(C)(C)C(C)(C)O2)OC1(C)C.CC1(C)OB(c2ccc(CN3CCOCC3)cc2)OC1(C)C. The fourth-order valence-corrected chi connectivity index (χ4v) is 8.55. The van der Waals surface area contributed by atoms with Crippen molar-refractivity contribution in [2.75, 3.05) is 65.8 Å². The Morgan fingerprint density at radius 2 is 0.710 bits per heavy atom. The zero-order valence-electron chi connectivity index (χ0n) is 43.7. The summed E-state index contributed by atoms with van der Waals surface area (Å²) in [5.41, 5.74) is 3.07. The molecule has 3 aromatic carbocycles. The van der Waals surface area contributed by atoms with E-state index in [2.05, 4.69) is 146 Å². The largest absolute Gasteiger partial charge is 0.494 e. The van der Waals surface area contributed by atoms with Crippen molar-refractivity contribution < 1.29 is 42.1 Å². The standard InChI is InChI=1S/C17H26BNO3.C12H24B2O4.C11H14BrNO.C7H6Br2.C5H10O/c1-16(2)17(3,4)22-18(21-16)15-7-5-14(6-8-15)13-19-9-11-20-12-10-19;1-9(2)10(3,4)16-13(15-9)14-17-11(5,6)12(7,8)18-14;12-11-3-1-10(2-4-11)9-13-5-7-14-8-6-13;8-5-6-1-3-7(9)4-2-6;1-2-4-6-5-3-1/h5-8H,9-13H2,1-4H3;1-8H3;1-4H,5-9H2;1-4H,5H2;1-5H2. The first-order chi connectivity index (χ1) is 32.4. The second kappa shape index (κ2) is 26.4. The molecule has 0 aromatic heterocycles. The van der Waals surface area contributed by atoms with E-state index in [1.165, 1.54) is 36.0 Å². The number of rotatable bonds is 7. The molecule has 11 nitrogen and oxygen atoms in total. The molecule has 0 saturated carbocycles. The lowest BCUT2D eigenvalue weighted by atomic mass is 9.49. The van der Waals surface area contributed by atoms with Crippen molar-refractivity contribution in [2.45, 2.75) is 154 Å². The lowest BCUT2D eigenvalue weighted by molar-refractivity contribution is 0.00578. The molecule has 69 heavy (non-hydrogen) atoms. The predicted octanol–water partition coefficient (Wildman–Crippen LogP) is 10.9. The molecule has 17 heteroatoms. The highest BCUT2D eigenvalue weighted by molar-refractivity contribution is 9.10. The number of hydrogen-bond donors (Lipinski definition) is 0. The van der Waals surface area contributed by atoms with Gasteiger partial charge in [0.15, 0.2) is 0 Å². The number of morpholine rings is 2. The van der Waals surface area contributed by atoms with Gasteiger partial charge in [-0.05, 0) is 149 Å². The summed E-state index contributed by atoms with van der Waals surface area (Å²) in [6.07, 6.45) is 3.93. The molecule has 6 aliphatic rings. The van der Waals surface area contributed by atoms with Gasteiger partial charge in [-0.25, -0.2) is 0 Å². The Hall–Kier alpha value is -1.15. The van der Waals surface area contributed by atoms with Crippen LogP contribution in [0.25, 0.3) is 0 Å². The fourth-order valence-electron chi connectivity index (χ4n) is 7.64. The highest BCUT2D eigenvalue weighted by atomic mass is 79.9. The monoisotopic (exact) mass is 1150 g/mol. The maximum absolute atomic E-state index is 6.09. The average Bonchev–Trinajstić information content (AvgIpc) is 3.79. The molecule has 0 spiro atoms. The second-order valence-electron chi connectivity index (χ2n) is 21.4. The van der Waals surface area contributed by atoms with Crippen molar-refractivity contribution in [2.24, 2.45) is 0 Å². The van der Waals surface area contributed by atoms with Crippen LogP contribution in [-0.2, 0) is 60.6 Å². The molecule has 6 fully saturated rings. The summed E-state index contributed by atoms with van der Waals surface area (Å²) in [4.78, 5) is 4.85. The van der Waals surface area contributed by atoms with Crippen LogP contribution < -0.4 is 5.46 Å². The Morgan fingerprint density at radius 1 is 0.406 bits per heavy atom. The molecule has 0 N–H and O–H groups in total. The molecule has 0 radical (unpaired) electrons. The predicted molar refractivity (Wildman–Crippen MR) is 292 cm³/mol. The van der Waals surface area contributed by atoms with Crippen LogP contribution in [0.1, 0.15) is 119 Å². The van der Waals surface area contributed by atoms with E-state index in [-0.39, 0.29) is 40.7 Å². The van der Waals surface area contributed by atoms with E-state index in [4.69, 9.17) is 42.1 Å². The minimum Gasteiger partial charge on any atom is -0.405 e. The van der Waals surface area contributed by atoms with Gasteiger partial charge in [-0.3, -0.25) is 9.80 Å². The first-order valence-electron chi connectivity index (χ1n) is 24.8.